The van der Waals surface area contributed by atoms with Gasteiger partial charge in [-0.2, -0.15) is 5.10 Å². The summed E-state index contributed by atoms with van der Waals surface area (Å²) in [6.45, 7) is -0.0103. The number of carbonyl (C=O) groups is 1. The lowest BCUT2D eigenvalue weighted by Crippen LogP contribution is -2.23. The van der Waals surface area contributed by atoms with Gasteiger partial charge in [-0.15, -0.1) is 0 Å². The quantitative estimate of drug-likeness (QED) is 0.335. The van der Waals surface area contributed by atoms with E-state index in [-0.39, 0.29) is 17.3 Å². The zero-order valence-corrected chi connectivity index (χ0v) is 18.9. The van der Waals surface area contributed by atoms with Crippen LogP contribution in [-0.2, 0) is 21.2 Å². The van der Waals surface area contributed by atoms with Crippen LogP contribution in [0.4, 0.5) is 0 Å². The number of hydrogen-bond donors (Lipinski definition) is 1. The molecule has 0 radical (unpaired) electrons. The minimum atomic E-state index is -3.31. The first-order valence-electron chi connectivity index (χ1n) is 10.1. The van der Waals surface area contributed by atoms with Crippen LogP contribution in [0.2, 0.25) is 0 Å². The molecule has 0 unspecified atom stereocenters. The molecule has 1 N–H and O–H groups in total. The fourth-order valence-corrected chi connectivity index (χ4v) is 3.99. The fraction of sp³-hybridized carbons (Fsp3) is 0.125. The van der Waals surface area contributed by atoms with Gasteiger partial charge >= 0.3 is 0 Å². The first-order chi connectivity index (χ1) is 15.8. The number of ether oxygens (including phenoxy) is 1. The Kier molecular flexibility index (Phi) is 6.23. The Labute approximate surface area is 191 Å². The fourth-order valence-electron chi connectivity index (χ4n) is 3.35. The molecule has 0 atom stereocenters. The third-order valence-electron chi connectivity index (χ3n) is 5.02. The van der Waals surface area contributed by atoms with Crippen LogP contribution in [0.1, 0.15) is 5.56 Å². The maximum absolute atomic E-state index is 12.6. The van der Waals surface area contributed by atoms with E-state index in [0.29, 0.717) is 11.4 Å². The van der Waals surface area contributed by atoms with Gasteiger partial charge < -0.3 is 9.30 Å². The lowest BCUT2D eigenvalue weighted by molar-refractivity contribution is -0.121. The number of nitrogens with one attached hydrogen (secondary N) is 1. The zero-order chi connectivity index (χ0) is 23.4. The lowest BCUT2D eigenvalue weighted by atomic mass is 10.2. The molecule has 1 heterocycles. The molecule has 0 spiro atoms. The summed E-state index contributed by atoms with van der Waals surface area (Å²) in [5.41, 5.74) is 5.58. The molecule has 8 nitrogen and oxygen atoms in total. The molecule has 168 valence electrons. The Morgan fingerprint density at radius 3 is 2.42 bits per heavy atom. The molecular formula is C24H22N4O4S. The summed E-state index contributed by atoms with van der Waals surface area (Å²) < 4.78 is 30.5. The lowest BCUT2D eigenvalue weighted by Gasteiger charge is -2.09. The van der Waals surface area contributed by atoms with Gasteiger partial charge in [-0.1, -0.05) is 12.1 Å². The van der Waals surface area contributed by atoms with Gasteiger partial charge in [0.05, 0.1) is 29.3 Å². The second-order valence-corrected chi connectivity index (χ2v) is 9.39. The van der Waals surface area contributed by atoms with E-state index in [0.717, 1.165) is 28.6 Å². The Bertz CT molecular complexity index is 1420. The molecule has 9 heteroatoms. The third kappa shape index (κ3) is 5.09. The predicted octanol–water partition coefficient (Wildman–Crippen LogP) is 3.27. The normalized spacial score (nSPS) is 11.7. The van der Waals surface area contributed by atoms with Crippen molar-refractivity contribution in [2.45, 2.75) is 11.4 Å². The van der Waals surface area contributed by atoms with Crippen LogP contribution >= 0.6 is 0 Å². The predicted molar refractivity (Wildman–Crippen MR) is 127 cm³/mol. The van der Waals surface area contributed by atoms with Gasteiger partial charge in [0.1, 0.15) is 18.1 Å². The summed E-state index contributed by atoms with van der Waals surface area (Å²) in [5.74, 6) is 0.975. The minimum absolute atomic E-state index is 0.0103. The maximum Gasteiger partial charge on any atom is 0.260 e. The number of carbonyl (C=O) groups excluding carboxylic acids is 1. The van der Waals surface area contributed by atoms with E-state index < -0.39 is 9.84 Å². The number of sulfone groups is 1. The smallest absolute Gasteiger partial charge is 0.260 e. The Balaban J connectivity index is 1.57. The first kappa shape index (κ1) is 22.2. The molecule has 33 heavy (non-hydrogen) atoms. The van der Waals surface area contributed by atoms with Gasteiger partial charge in [0.25, 0.3) is 5.91 Å². The van der Waals surface area contributed by atoms with Gasteiger partial charge in [0.2, 0.25) is 0 Å². The average molecular weight is 463 g/mol. The molecular weight excluding hydrogens is 440 g/mol. The van der Waals surface area contributed by atoms with Crippen LogP contribution in [0, 0.1) is 0 Å². The standard InChI is InChI=1S/C24H22N4O4S/c1-32-19-11-7-17(8-12-19)15-25-27-23(29)16-28-22-6-4-3-5-21(22)26-24(28)18-9-13-20(14-10-18)33(2,30)31/h3-15H,16H2,1-2H3,(H,27,29)/b25-15+. The monoisotopic (exact) mass is 462 g/mol. The molecule has 0 aliphatic carbocycles. The van der Waals surface area contributed by atoms with Crippen LogP contribution in [0.15, 0.2) is 82.8 Å². The highest BCUT2D eigenvalue weighted by molar-refractivity contribution is 7.90. The van der Waals surface area contributed by atoms with Crippen molar-refractivity contribution < 1.29 is 17.9 Å². The van der Waals surface area contributed by atoms with E-state index in [1.165, 1.54) is 12.1 Å². The van der Waals surface area contributed by atoms with E-state index in [1.807, 2.05) is 48.5 Å². The van der Waals surface area contributed by atoms with E-state index in [4.69, 9.17) is 4.74 Å². The van der Waals surface area contributed by atoms with Crippen LogP contribution in [0.5, 0.6) is 5.75 Å². The number of para-hydroxylation sites is 2. The van der Waals surface area contributed by atoms with Crippen molar-refractivity contribution in [1.29, 1.82) is 0 Å². The molecule has 0 aliphatic rings. The van der Waals surface area contributed by atoms with E-state index in [9.17, 15) is 13.2 Å². The van der Waals surface area contributed by atoms with Gasteiger partial charge in [0.15, 0.2) is 9.84 Å². The SMILES string of the molecule is COc1ccc(/C=N/NC(=O)Cn2c(-c3ccc(S(C)(=O)=O)cc3)nc3ccccc32)cc1. The van der Waals surface area contributed by atoms with Gasteiger partial charge in [-0.3, -0.25) is 4.79 Å². The van der Waals surface area contributed by atoms with Crippen molar-refractivity contribution in [1.82, 2.24) is 15.0 Å². The highest BCUT2D eigenvalue weighted by Gasteiger charge is 2.16. The van der Waals surface area contributed by atoms with Crippen LogP contribution < -0.4 is 10.2 Å². The highest BCUT2D eigenvalue weighted by atomic mass is 32.2. The summed E-state index contributed by atoms with van der Waals surface area (Å²) in [6, 6.07) is 21.2. The second-order valence-electron chi connectivity index (χ2n) is 7.37. The molecule has 3 aromatic carbocycles. The van der Waals surface area contributed by atoms with Crippen molar-refractivity contribution in [2.24, 2.45) is 5.10 Å². The summed E-state index contributed by atoms with van der Waals surface area (Å²) in [5, 5.41) is 4.03. The number of hydrogen-bond acceptors (Lipinski definition) is 6. The topological polar surface area (TPSA) is 103 Å². The number of amides is 1. The molecule has 4 aromatic rings. The summed E-state index contributed by atoms with van der Waals surface area (Å²) in [7, 11) is -1.71. The molecule has 1 amide bonds. The van der Waals surface area contributed by atoms with Crippen molar-refractivity contribution in [2.75, 3.05) is 13.4 Å². The number of fused-ring (bicyclic) bond motifs is 1. The molecule has 0 bridgehead atoms. The summed E-state index contributed by atoms with van der Waals surface area (Å²) >= 11 is 0. The van der Waals surface area contributed by atoms with E-state index in [1.54, 1.807) is 30.0 Å². The van der Waals surface area contributed by atoms with Crippen LogP contribution in [-0.4, -0.2) is 43.5 Å². The largest absolute Gasteiger partial charge is 0.497 e. The van der Waals surface area contributed by atoms with Crippen molar-refractivity contribution in [3.8, 4) is 17.1 Å². The molecule has 0 saturated carbocycles. The number of benzene rings is 3. The number of methoxy groups -OCH3 is 1. The molecule has 0 fully saturated rings. The molecule has 0 aliphatic heterocycles. The second kappa shape index (κ2) is 9.25. The Hall–Kier alpha value is -3.98. The molecule has 4 rings (SSSR count). The maximum atomic E-state index is 12.6. The van der Waals surface area contributed by atoms with Gasteiger partial charge in [0, 0.05) is 11.8 Å². The van der Waals surface area contributed by atoms with Crippen molar-refractivity contribution in [3.63, 3.8) is 0 Å². The summed E-state index contributed by atoms with van der Waals surface area (Å²) in [4.78, 5) is 17.5. The number of imidazole rings is 1. The van der Waals surface area contributed by atoms with Crippen LogP contribution in [0.25, 0.3) is 22.4 Å². The van der Waals surface area contributed by atoms with Crippen molar-refractivity contribution in [3.05, 3.63) is 78.4 Å². The Morgan fingerprint density at radius 1 is 1.06 bits per heavy atom. The number of rotatable bonds is 7. The van der Waals surface area contributed by atoms with E-state index >= 15 is 0 Å². The number of aromatic nitrogens is 2. The van der Waals surface area contributed by atoms with Crippen molar-refractivity contribution >= 4 is 33.0 Å². The Morgan fingerprint density at radius 2 is 1.76 bits per heavy atom. The van der Waals surface area contributed by atoms with Gasteiger partial charge in [-0.05, 0) is 66.2 Å². The van der Waals surface area contributed by atoms with E-state index in [2.05, 4.69) is 15.5 Å². The van der Waals surface area contributed by atoms with Crippen LogP contribution in [0.3, 0.4) is 0 Å². The average Bonchev–Trinajstić information content (AvgIpc) is 3.17. The first-order valence-corrected chi connectivity index (χ1v) is 12.0. The zero-order valence-electron chi connectivity index (χ0n) is 18.1. The minimum Gasteiger partial charge on any atom is -0.497 e. The molecule has 0 saturated heterocycles. The summed E-state index contributed by atoms with van der Waals surface area (Å²) in [6.07, 6.45) is 2.71. The highest BCUT2D eigenvalue weighted by Crippen LogP contribution is 2.26. The van der Waals surface area contributed by atoms with Gasteiger partial charge in [-0.25, -0.2) is 18.8 Å². The number of hydrazone groups is 1. The third-order valence-corrected chi connectivity index (χ3v) is 6.14. The molecule has 1 aromatic heterocycles. The number of nitrogens with zero attached hydrogens (tertiary/aromatic N) is 3.